The lowest BCUT2D eigenvalue weighted by atomic mass is 10.1. The molecule has 0 radical (unpaired) electrons. The van der Waals surface area contributed by atoms with Crippen LogP contribution in [0.1, 0.15) is 20.8 Å². The highest BCUT2D eigenvalue weighted by atomic mass is 35.5. The number of hydrogen-bond acceptors (Lipinski definition) is 4. The van der Waals surface area contributed by atoms with E-state index in [0.29, 0.717) is 41.9 Å². The monoisotopic (exact) mass is 391 g/mol. The van der Waals surface area contributed by atoms with Crippen molar-refractivity contribution in [1.82, 2.24) is 9.80 Å². The van der Waals surface area contributed by atoms with Crippen molar-refractivity contribution in [2.24, 2.45) is 0 Å². The number of anilines is 1. The van der Waals surface area contributed by atoms with Crippen molar-refractivity contribution in [3.8, 4) is 0 Å². The van der Waals surface area contributed by atoms with Crippen LogP contribution in [0.25, 0.3) is 0 Å². The largest absolute Gasteiger partial charge is 0.335 e. The van der Waals surface area contributed by atoms with Crippen LogP contribution >= 0.6 is 22.9 Å². The van der Waals surface area contributed by atoms with Crippen molar-refractivity contribution in [1.29, 1.82) is 0 Å². The molecule has 26 heavy (non-hydrogen) atoms. The van der Waals surface area contributed by atoms with Gasteiger partial charge in [0.1, 0.15) is 0 Å². The molecule has 0 bridgehead atoms. The van der Waals surface area contributed by atoms with Gasteiger partial charge in [-0.2, -0.15) is 0 Å². The number of para-hydroxylation sites is 1. The molecule has 138 valence electrons. The maximum Gasteiger partial charge on any atom is 0.264 e. The van der Waals surface area contributed by atoms with E-state index < -0.39 is 0 Å². The Morgan fingerprint density at radius 1 is 1.08 bits per heavy atom. The molecule has 0 atom stereocenters. The normalized spacial score (nSPS) is 15.1. The topological polar surface area (TPSA) is 52.7 Å². The highest BCUT2D eigenvalue weighted by Gasteiger charge is 2.24. The number of carbonyl (C=O) groups is 2. The van der Waals surface area contributed by atoms with Gasteiger partial charge < -0.3 is 10.2 Å². The van der Waals surface area contributed by atoms with Gasteiger partial charge in [0.05, 0.1) is 15.8 Å². The Kier molecular flexibility index (Phi) is 5.96. The molecule has 0 spiro atoms. The molecule has 0 saturated carbocycles. The molecular weight excluding hydrogens is 370 g/mol. The zero-order valence-corrected chi connectivity index (χ0v) is 16.5. The molecule has 1 fully saturated rings. The van der Waals surface area contributed by atoms with Gasteiger partial charge in [-0.25, -0.2) is 0 Å². The van der Waals surface area contributed by atoms with Gasteiger partial charge in [-0.15, -0.1) is 11.3 Å². The number of aryl methyl sites for hydroxylation is 2. The summed E-state index contributed by atoms with van der Waals surface area (Å²) in [6, 6.07) is 9.47. The Bertz CT molecular complexity index is 793. The van der Waals surface area contributed by atoms with E-state index in [9.17, 15) is 9.59 Å². The van der Waals surface area contributed by atoms with Crippen LogP contribution in [-0.2, 0) is 4.79 Å². The molecule has 5 nitrogen and oxygen atoms in total. The summed E-state index contributed by atoms with van der Waals surface area (Å²) in [4.78, 5) is 29.4. The number of nitrogens with one attached hydrogen (secondary N) is 1. The molecule has 0 unspecified atom stereocenters. The van der Waals surface area contributed by atoms with Crippen LogP contribution < -0.4 is 5.32 Å². The molecule has 2 heterocycles. The molecule has 0 aliphatic carbocycles. The van der Waals surface area contributed by atoms with Gasteiger partial charge in [-0.1, -0.05) is 29.8 Å². The Hall–Kier alpha value is -1.89. The van der Waals surface area contributed by atoms with Gasteiger partial charge in [-0.3, -0.25) is 14.5 Å². The van der Waals surface area contributed by atoms with E-state index in [4.69, 9.17) is 11.6 Å². The van der Waals surface area contributed by atoms with Crippen molar-refractivity contribution in [3.63, 3.8) is 0 Å². The maximum absolute atomic E-state index is 12.4. The van der Waals surface area contributed by atoms with Crippen LogP contribution in [0.2, 0.25) is 4.34 Å². The molecule has 1 aromatic heterocycles. The molecule has 1 aromatic carbocycles. The zero-order chi connectivity index (χ0) is 18.7. The van der Waals surface area contributed by atoms with Crippen molar-refractivity contribution < 1.29 is 9.59 Å². The number of halogens is 1. The molecule has 1 N–H and O–H groups in total. The first kappa shape index (κ1) is 18.9. The number of hydrogen-bond donors (Lipinski definition) is 1. The van der Waals surface area contributed by atoms with Gasteiger partial charge in [0.25, 0.3) is 5.91 Å². The van der Waals surface area contributed by atoms with Gasteiger partial charge in [0.2, 0.25) is 5.91 Å². The summed E-state index contributed by atoms with van der Waals surface area (Å²) in [5.41, 5.74) is 3.01. The second-order valence-electron chi connectivity index (χ2n) is 6.49. The molecule has 3 rings (SSSR count). The van der Waals surface area contributed by atoms with Crippen LogP contribution in [0, 0.1) is 13.8 Å². The van der Waals surface area contributed by atoms with E-state index in [2.05, 4.69) is 10.2 Å². The smallest absolute Gasteiger partial charge is 0.264 e. The van der Waals surface area contributed by atoms with Crippen molar-refractivity contribution in [2.75, 3.05) is 38.0 Å². The number of rotatable bonds is 4. The average Bonchev–Trinajstić information content (AvgIpc) is 3.05. The molecular formula is C19H22ClN3O2S. The number of piperazine rings is 1. The predicted octanol–water partition coefficient (Wildman–Crippen LogP) is 3.41. The highest BCUT2D eigenvalue weighted by Crippen LogP contribution is 2.23. The summed E-state index contributed by atoms with van der Waals surface area (Å²) < 4.78 is 0.621. The predicted molar refractivity (Wildman–Crippen MR) is 106 cm³/mol. The Labute approximate surface area is 162 Å². The minimum atomic E-state index is -0.0211. The fourth-order valence-electron chi connectivity index (χ4n) is 3.09. The minimum absolute atomic E-state index is 0.0153. The third kappa shape index (κ3) is 4.44. The fraction of sp³-hybridized carbons (Fsp3) is 0.368. The van der Waals surface area contributed by atoms with Gasteiger partial charge >= 0.3 is 0 Å². The number of thiophene rings is 1. The van der Waals surface area contributed by atoms with Crippen LogP contribution in [0.5, 0.6) is 0 Å². The summed E-state index contributed by atoms with van der Waals surface area (Å²) in [6.45, 7) is 6.92. The van der Waals surface area contributed by atoms with Gasteiger partial charge in [0, 0.05) is 31.9 Å². The van der Waals surface area contributed by atoms with Crippen LogP contribution in [0.15, 0.2) is 30.3 Å². The fourth-order valence-corrected chi connectivity index (χ4v) is 4.10. The third-order valence-electron chi connectivity index (χ3n) is 4.56. The van der Waals surface area contributed by atoms with E-state index in [1.807, 2.05) is 36.9 Å². The first-order chi connectivity index (χ1) is 12.4. The Balaban J connectivity index is 1.51. The number of nitrogens with zero attached hydrogens (tertiary/aromatic N) is 2. The summed E-state index contributed by atoms with van der Waals surface area (Å²) in [7, 11) is 0. The quantitative estimate of drug-likeness (QED) is 0.868. The number of amides is 2. The maximum atomic E-state index is 12.4. The molecule has 2 aromatic rings. The lowest BCUT2D eigenvalue weighted by molar-refractivity contribution is -0.117. The standard InChI is InChI=1S/C19H22ClN3O2S/c1-13-4-3-5-14(2)18(13)21-17(24)12-22-8-10-23(11-9-22)19(25)15-6-7-16(20)26-15/h3-7H,8-12H2,1-2H3,(H,21,24). The van der Waals surface area contributed by atoms with Gasteiger partial charge in [-0.05, 0) is 37.1 Å². The summed E-state index contributed by atoms with van der Waals surface area (Å²) >= 11 is 7.21. The number of benzene rings is 1. The van der Waals surface area contributed by atoms with Crippen LogP contribution in [0.4, 0.5) is 5.69 Å². The lowest BCUT2D eigenvalue weighted by Gasteiger charge is -2.34. The van der Waals surface area contributed by atoms with E-state index in [1.54, 1.807) is 12.1 Å². The first-order valence-corrected chi connectivity index (χ1v) is 9.76. The van der Waals surface area contributed by atoms with E-state index >= 15 is 0 Å². The van der Waals surface area contributed by atoms with Crippen LogP contribution in [0.3, 0.4) is 0 Å². The molecule has 7 heteroatoms. The van der Waals surface area contributed by atoms with Crippen LogP contribution in [-0.4, -0.2) is 54.3 Å². The van der Waals surface area contributed by atoms with E-state index in [1.165, 1.54) is 11.3 Å². The van der Waals surface area contributed by atoms with Crippen molar-refractivity contribution in [2.45, 2.75) is 13.8 Å². The lowest BCUT2D eigenvalue weighted by Crippen LogP contribution is -2.50. The number of carbonyl (C=O) groups excluding carboxylic acids is 2. The SMILES string of the molecule is Cc1cccc(C)c1NC(=O)CN1CCN(C(=O)c2ccc(Cl)s2)CC1. The minimum Gasteiger partial charge on any atom is -0.335 e. The average molecular weight is 392 g/mol. The summed E-state index contributed by atoms with van der Waals surface area (Å²) in [6.07, 6.45) is 0. The van der Waals surface area contributed by atoms with E-state index in [-0.39, 0.29) is 11.8 Å². The highest BCUT2D eigenvalue weighted by molar-refractivity contribution is 7.17. The molecule has 1 saturated heterocycles. The molecule has 2 amide bonds. The van der Waals surface area contributed by atoms with Gasteiger partial charge in [0.15, 0.2) is 0 Å². The summed E-state index contributed by atoms with van der Waals surface area (Å²) in [5.74, 6) is -0.00579. The second kappa shape index (κ2) is 8.20. The Morgan fingerprint density at radius 3 is 2.31 bits per heavy atom. The van der Waals surface area contributed by atoms with Crippen molar-refractivity contribution in [3.05, 3.63) is 50.7 Å². The summed E-state index contributed by atoms with van der Waals surface area (Å²) in [5, 5.41) is 3.01. The molecule has 1 aliphatic heterocycles. The molecule has 1 aliphatic rings. The first-order valence-electron chi connectivity index (χ1n) is 8.57. The second-order valence-corrected chi connectivity index (χ2v) is 8.20. The van der Waals surface area contributed by atoms with Crippen molar-refractivity contribution >= 4 is 40.4 Å². The Morgan fingerprint density at radius 2 is 1.73 bits per heavy atom. The van der Waals surface area contributed by atoms with E-state index in [0.717, 1.165) is 16.8 Å². The zero-order valence-electron chi connectivity index (χ0n) is 14.9. The third-order valence-corrected chi connectivity index (χ3v) is 5.78.